The second-order valence-corrected chi connectivity index (χ2v) is 3.34. The molecule has 0 amide bonds. The van der Waals surface area contributed by atoms with Gasteiger partial charge >= 0.3 is 0 Å². The maximum Gasteiger partial charge on any atom is 0.213 e. The quantitative estimate of drug-likeness (QED) is 0.782. The van der Waals surface area contributed by atoms with Crippen LogP contribution in [0.3, 0.4) is 0 Å². The summed E-state index contributed by atoms with van der Waals surface area (Å²) in [7, 11) is 1.50. The Hall–Kier alpha value is -1.09. The zero-order valence-corrected chi connectivity index (χ0v) is 8.86. The molecule has 2 N–H and O–H groups in total. The lowest BCUT2D eigenvalue weighted by atomic mass is 9.96. The Balaban J connectivity index is 0.000000461. The highest BCUT2D eigenvalue weighted by Gasteiger charge is 2.19. The van der Waals surface area contributed by atoms with Crippen LogP contribution in [-0.2, 0) is 0 Å². The summed E-state index contributed by atoms with van der Waals surface area (Å²) < 4.78 is 5.62. The van der Waals surface area contributed by atoms with Crippen LogP contribution < -0.4 is 10.5 Å². The molecule has 0 atom stereocenters. The Morgan fingerprint density at radius 1 is 1.43 bits per heavy atom. The summed E-state index contributed by atoms with van der Waals surface area (Å²) >= 11 is 0. The number of ether oxygens (including phenoxy) is 1. The maximum absolute atomic E-state index is 5.62. The van der Waals surface area contributed by atoms with Gasteiger partial charge in [0.25, 0.3) is 0 Å². The summed E-state index contributed by atoms with van der Waals surface area (Å²) in [5.74, 6) is 0.778. The van der Waals surface area contributed by atoms with Gasteiger partial charge in [0.05, 0.1) is 0 Å². The molecule has 3 heteroatoms. The van der Waals surface area contributed by atoms with Gasteiger partial charge in [-0.15, -0.1) is 0 Å². The topological polar surface area (TPSA) is 48.1 Å². The minimum atomic E-state index is 0.430. The van der Waals surface area contributed by atoms with Crippen molar-refractivity contribution in [2.45, 2.75) is 32.3 Å². The number of pyridine rings is 1. The fourth-order valence-electron chi connectivity index (χ4n) is 1.23. The molecule has 2 rings (SSSR count). The SMILES string of the molecule is CN.Cc1ccnc(OC2CCC2)c1. The van der Waals surface area contributed by atoms with Gasteiger partial charge in [-0.1, -0.05) is 0 Å². The third-order valence-corrected chi connectivity index (χ3v) is 2.23. The number of aromatic nitrogens is 1. The predicted octanol–water partition coefficient (Wildman–Crippen LogP) is 1.90. The van der Waals surface area contributed by atoms with Gasteiger partial charge < -0.3 is 10.5 Å². The first-order valence-electron chi connectivity index (χ1n) is 5.01. The molecular formula is C11H18N2O. The van der Waals surface area contributed by atoms with Gasteiger partial charge in [-0.25, -0.2) is 4.98 Å². The zero-order chi connectivity index (χ0) is 10.4. The Kier molecular flexibility index (Phi) is 4.40. The van der Waals surface area contributed by atoms with Crippen molar-refractivity contribution in [3.8, 4) is 5.88 Å². The summed E-state index contributed by atoms with van der Waals surface area (Å²) in [4.78, 5) is 4.14. The van der Waals surface area contributed by atoms with Crippen molar-refractivity contribution in [3.05, 3.63) is 23.9 Å². The molecule has 1 aliphatic rings. The van der Waals surface area contributed by atoms with Crippen molar-refractivity contribution >= 4 is 0 Å². The predicted molar refractivity (Wildman–Crippen MR) is 57.4 cm³/mol. The van der Waals surface area contributed by atoms with E-state index in [4.69, 9.17) is 4.74 Å². The molecule has 3 nitrogen and oxygen atoms in total. The first kappa shape index (κ1) is 11.0. The van der Waals surface area contributed by atoms with Crippen LogP contribution in [0, 0.1) is 6.92 Å². The van der Waals surface area contributed by atoms with Gasteiger partial charge in [0.15, 0.2) is 0 Å². The second kappa shape index (κ2) is 5.60. The Labute approximate surface area is 85.3 Å². The third-order valence-electron chi connectivity index (χ3n) is 2.23. The van der Waals surface area contributed by atoms with Gasteiger partial charge in [-0.2, -0.15) is 0 Å². The van der Waals surface area contributed by atoms with E-state index in [1.165, 1.54) is 31.9 Å². The van der Waals surface area contributed by atoms with Crippen molar-refractivity contribution in [2.24, 2.45) is 5.73 Å². The van der Waals surface area contributed by atoms with E-state index in [-0.39, 0.29) is 0 Å². The molecule has 1 aliphatic carbocycles. The molecule has 1 heterocycles. The van der Waals surface area contributed by atoms with Gasteiger partial charge in [-0.3, -0.25) is 0 Å². The van der Waals surface area contributed by atoms with Gasteiger partial charge in [0, 0.05) is 12.3 Å². The van der Waals surface area contributed by atoms with E-state index in [0.29, 0.717) is 6.10 Å². The van der Waals surface area contributed by atoms with Gasteiger partial charge in [0.1, 0.15) is 6.10 Å². The van der Waals surface area contributed by atoms with Crippen LogP contribution in [0.1, 0.15) is 24.8 Å². The molecule has 0 unspecified atom stereocenters. The molecule has 0 spiro atoms. The molecule has 14 heavy (non-hydrogen) atoms. The highest BCUT2D eigenvalue weighted by molar-refractivity contribution is 5.19. The largest absolute Gasteiger partial charge is 0.474 e. The summed E-state index contributed by atoms with van der Waals surface area (Å²) in [6.45, 7) is 2.05. The molecule has 0 bridgehead atoms. The molecule has 0 saturated heterocycles. The number of nitrogens with zero attached hydrogens (tertiary/aromatic N) is 1. The Morgan fingerprint density at radius 3 is 2.64 bits per heavy atom. The molecule has 0 aliphatic heterocycles. The number of rotatable bonds is 2. The van der Waals surface area contributed by atoms with Crippen LogP contribution >= 0.6 is 0 Å². The van der Waals surface area contributed by atoms with Crippen molar-refractivity contribution in [1.82, 2.24) is 4.98 Å². The Bertz CT molecular complexity index is 272. The van der Waals surface area contributed by atoms with Crippen LogP contribution in [0.4, 0.5) is 0 Å². The van der Waals surface area contributed by atoms with Crippen LogP contribution in [0.5, 0.6) is 5.88 Å². The molecule has 0 aromatic carbocycles. The smallest absolute Gasteiger partial charge is 0.213 e. The van der Waals surface area contributed by atoms with Crippen LogP contribution in [-0.4, -0.2) is 18.1 Å². The summed E-state index contributed by atoms with van der Waals surface area (Å²) in [6, 6.07) is 3.96. The van der Waals surface area contributed by atoms with Gasteiger partial charge in [0.2, 0.25) is 5.88 Å². The van der Waals surface area contributed by atoms with Crippen molar-refractivity contribution < 1.29 is 4.74 Å². The monoisotopic (exact) mass is 194 g/mol. The lowest BCUT2D eigenvalue weighted by Gasteiger charge is -2.25. The lowest BCUT2D eigenvalue weighted by Crippen LogP contribution is -2.24. The van der Waals surface area contributed by atoms with E-state index >= 15 is 0 Å². The average Bonchev–Trinajstić information content (AvgIpc) is 2.15. The number of hydrogen-bond acceptors (Lipinski definition) is 3. The summed E-state index contributed by atoms with van der Waals surface area (Å²) in [5.41, 5.74) is 5.71. The third kappa shape index (κ3) is 3.00. The average molecular weight is 194 g/mol. The zero-order valence-electron chi connectivity index (χ0n) is 8.86. The fraction of sp³-hybridized carbons (Fsp3) is 0.545. The first-order chi connectivity index (χ1) is 6.84. The molecular weight excluding hydrogens is 176 g/mol. The van der Waals surface area contributed by atoms with E-state index < -0.39 is 0 Å². The highest BCUT2D eigenvalue weighted by Crippen LogP contribution is 2.23. The van der Waals surface area contributed by atoms with Crippen molar-refractivity contribution in [3.63, 3.8) is 0 Å². The van der Waals surface area contributed by atoms with Gasteiger partial charge in [-0.05, 0) is 44.9 Å². The molecule has 1 aromatic heterocycles. The molecule has 78 valence electrons. The Morgan fingerprint density at radius 2 is 2.14 bits per heavy atom. The number of hydrogen-bond donors (Lipinski definition) is 1. The number of nitrogens with two attached hydrogens (primary N) is 1. The normalized spacial score (nSPS) is 15.1. The first-order valence-corrected chi connectivity index (χ1v) is 5.01. The molecule has 1 fully saturated rings. The summed E-state index contributed by atoms with van der Waals surface area (Å²) in [6.07, 6.45) is 5.91. The van der Waals surface area contributed by atoms with Crippen LogP contribution in [0.25, 0.3) is 0 Å². The standard InChI is InChI=1S/C10H13NO.CH5N/c1-8-5-6-11-10(7-8)12-9-3-2-4-9;1-2/h5-7,9H,2-4H2,1H3;2H2,1H3. The highest BCUT2D eigenvalue weighted by atomic mass is 16.5. The summed E-state index contributed by atoms with van der Waals surface area (Å²) in [5, 5.41) is 0. The molecule has 0 radical (unpaired) electrons. The van der Waals surface area contributed by atoms with E-state index in [2.05, 4.69) is 17.6 Å². The minimum absolute atomic E-state index is 0.430. The van der Waals surface area contributed by atoms with E-state index in [1.807, 2.05) is 12.1 Å². The van der Waals surface area contributed by atoms with Crippen molar-refractivity contribution in [1.29, 1.82) is 0 Å². The van der Waals surface area contributed by atoms with E-state index in [9.17, 15) is 0 Å². The lowest BCUT2D eigenvalue weighted by molar-refractivity contribution is 0.114. The van der Waals surface area contributed by atoms with Crippen LogP contribution in [0.15, 0.2) is 18.3 Å². The molecule has 1 saturated carbocycles. The van der Waals surface area contributed by atoms with Crippen LogP contribution in [0.2, 0.25) is 0 Å². The second-order valence-electron chi connectivity index (χ2n) is 3.34. The maximum atomic E-state index is 5.62. The number of aryl methyl sites for hydroxylation is 1. The van der Waals surface area contributed by atoms with E-state index in [1.54, 1.807) is 6.20 Å². The van der Waals surface area contributed by atoms with E-state index in [0.717, 1.165) is 5.88 Å². The minimum Gasteiger partial charge on any atom is -0.474 e. The fourth-order valence-corrected chi connectivity index (χ4v) is 1.23. The molecule has 1 aromatic rings. The van der Waals surface area contributed by atoms with Crippen molar-refractivity contribution in [2.75, 3.05) is 7.05 Å².